The van der Waals surface area contributed by atoms with Gasteiger partial charge in [-0.15, -0.1) is 0 Å². The first-order valence-electron chi connectivity index (χ1n) is 7.92. The number of benzene rings is 2. The number of ether oxygens (including phenoxy) is 2. The maximum absolute atomic E-state index is 10.4. The molecule has 0 saturated heterocycles. The lowest BCUT2D eigenvalue weighted by atomic mass is 10.0. The molecule has 4 heteroatoms. The monoisotopic (exact) mass is 313 g/mol. The number of aliphatic hydroxyl groups excluding tert-OH is 1. The van der Waals surface area contributed by atoms with Crippen LogP contribution >= 0.6 is 0 Å². The minimum atomic E-state index is -0.593. The molecule has 23 heavy (non-hydrogen) atoms. The number of rotatable bonds is 5. The lowest BCUT2D eigenvalue weighted by molar-refractivity contribution is -0.180. The first-order chi connectivity index (χ1) is 11.0. The fourth-order valence-electron chi connectivity index (χ4n) is 2.63. The predicted octanol–water partition coefficient (Wildman–Crippen LogP) is 3.15. The van der Waals surface area contributed by atoms with Crippen molar-refractivity contribution < 1.29 is 14.6 Å². The van der Waals surface area contributed by atoms with Crippen LogP contribution in [-0.2, 0) is 17.9 Å². The zero-order chi connectivity index (χ0) is 16.3. The van der Waals surface area contributed by atoms with Crippen molar-refractivity contribution in [2.75, 3.05) is 6.54 Å². The Bertz CT molecular complexity index is 655. The van der Waals surface area contributed by atoms with Crippen molar-refractivity contribution in [1.82, 2.24) is 5.32 Å². The highest BCUT2D eigenvalue weighted by atomic mass is 16.7. The number of aliphatic hydroxyl groups is 1. The molecular formula is C19H23NO3. The summed E-state index contributed by atoms with van der Waals surface area (Å²) in [4.78, 5) is 0. The van der Waals surface area contributed by atoms with Gasteiger partial charge in [-0.25, -0.2) is 0 Å². The average Bonchev–Trinajstić information content (AvgIpc) is 2.54. The molecule has 0 saturated carbocycles. The molecule has 0 spiro atoms. The molecule has 1 atom stereocenters. The lowest BCUT2D eigenvalue weighted by Crippen LogP contribution is -2.35. The molecule has 0 aliphatic carbocycles. The van der Waals surface area contributed by atoms with Crippen molar-refractivity contribution in [3.05, 3.63) is 65.2 Å². The summed E-state index contributed by atoms with van der Waals surface area (Å²) in [6.45, 7) is 5.53. The number of fused-ring (bicyclic) bond motifs is 1. The lowest BCUT2D eigenvalue weighted by Gasteiger charge is -2.33. The molecule has 4 nitrogen and oxygen atoms in total. The van der Waals surface area contributed by atoms with Crippen molar-refractivity contribution in [3.63, 3.8) is 0 Å². The minimum absolute atomic E-state index is 0.500. The second-order valence-corrected chi connectivity index (χ2v) is 6.29. The van der Waals surface area contributed by atoms with E-state index in [2.05, 4.69) is 17.4 Å². The van der Waals surface area contributed by atoms with E-state index in [9.17, 15) is 5.11 Å². The van der Waals surface area contributed by atoms with Gasteiger partial charge in [0.05, 0.1) is 12.7 Å². The van der Waals surface area contributed by atoms with Gasteiger partial charge in [0, 0.05) is 32.5 Å². The summed E-state index contributed by atoms with van der Waals surface area (Å²) in [5.74, 6) is 0.235. The third kappa shape index (κ3) is 4.10. The van der Waals surface area contributed by atoms with Gasteiger partial charge in [0.25, 0.3) is 0 Å². The largest absolute Gasteiger partial charge is 0.463 e. The number of hydrogen-bond donors (Lipinski definition) is 2. The summed E-state index contributed by atoms with van der Waals surface area (Å²) >= 11 is 0. The molecule has 0 bridgehead atoms. The van der Waals surface area contributed by atoms with E-state index in [1.807, 2.05) is 50.2 Å². The highest BCUT2D eigenvalue weighted by Crippen LogP contribution is 2.32. The van der Waals surface area contributed by atoms with E-state index in [4.69, 9.17) is 9.47 Å². The van der Waals surface area contributed by atoms with Gasteiger partial charge in [0.1, 0.15) is 5.75 Å². The van der Waals surface area contributed by atoms with E-state index in [0.717, 1.165) is 23.4 Å². The zero-order valence-electron chi connectivity index (χ0n) is 13.6. The molecule has 0 aromatic heterocycles. The SMILES string of the molecule is CC1(C)OCc2cc([C@@H](O)CNCc3ccccc3)ccc2O1. The summed E-state index contributed by atoms with van der Waals surface area (Å²) in [7, 11) is 0. The first-order valence-corrected chi connectivity index (χ1v) is 7.92. The molecule has 0 fully saturated rings. The Kier molecular flexibility index (Phi) is 4.66. The van der Waals surface area contributed by atoms with Crippen molar-refractivity contribution >= 4 is 0 Å². The second-order valence-electron chi connectivity index (χ2n) is 6.29. The van der Waals surface area contributed by atoms with Crippen LogP contribution in [0, 0.1) is 0 Å². The number of nitrogens with one attached hydrogen (secondary N) is 1. The Morgan fingerprint density at radius 1 is 1.17 bits per heavy atom. The molecule has 1 aliphatic heterocycles. The van der Waals surface area contributed by atoms with Crippen molar-refractivity contribution in [2.24, 2.45) is 0 Å². The van der Waals surface area contributed by atoms with E-state index < -0.39 is 11.9 Å². The van der Waals surface area contributed by atoms with Crippen LogP contribution < -0.4 is 10.1 Å². The van der Waals surface area contributed by atoms with Crippen LogP contribution in [0.2, 0.25) is 0 Å². The van der Waals surface area contributed by atoms with Crippen LogP contribution in [0.1, 0.15) is 36.6 Å². The molecule has 122 valence electrons. The van der Waals surface area contributed by atoms with Crippen LogP contribution in [0.3, 0.4) is 0 Å². The minimum Gasteiger partial charge on any atom is -0.463 e. The van der Waals surface area contributed by atoms with Crippen LogP contribution in [0.25, 0.3) is 0 Å². The summed E-state index contributed by atoms with van der Waals surface area (Å²) in [6.07, 6.45) is -0.557. The highest BCUT2D eigenvalue weighted by Gasteiger charge is 2.27. The summed E-state index contributed by atoms with van der Waals surface area (Å²) in [5, 5.41) is 13.6. The van der Waals surface area contributed by atoms with E-state index in [-0.39, 0.29) is 0 Å². The topological polar surface area (TPSA) is 50.7 Å². The third-order valence-electron chi connectivity index (χ3n) is 3.91. The molecule has 2 N–H and O–H groups in total. The summed E-state index contributed by atoms with van der Waals surface area (Å²) < 4.78 is 11.4. The van der Waals surface area contributed by atoms with Crippen LogP contribution in [-0.4, -0.2) is 17.4 Å². The zero-order valence-corrected chi connectivity index (χ0v) is 13.6. The van der Waals surface area contributed by atoms with Gasteiger partial charge in [0.15, 0.2) is 0 Å². The quantitative estimate of drug-likeness (QED) is 0.890. The maximum atomic E-state index is 10.4. The average molecular weight is 313 g/mol. The van der Waals surface area contributed by atoms with E-state index in [1.54, 1.807) is 0 Å². The fourth-order valence-corrected chi connectivity index (χ4v) is 2.63. The first kappa shape index (κ1) is 16.0. The molecule has 2 aromatic rings. The van der Waals surface area contributed by atoms with Crippen molar-refractivity contribution in [2.45, 2.75) is 38.9 Å². The van der Waals surface area contributed by atoms with Crippen LogP contribution in [0.15, 0.2) is 48.5 Å². The molecule has 0 unspecified atom stereocenters. The molecule has 2 aromatic carbocycles. The Labute approximate surface area is 137 Å². The Balaban J connectivity index is 1.59. The molecule has 1 aliphatic rings. The van der Waals surface area contributed by atoms with Gasteiger partial charge >= 0.3 is 0 Å². The molecule has 1 heterocycles. The third-order valence-corrected chi connectivity index (χ3v) is 3.91. The predicted molar refractivity (Wildman–Crippen MR) is 89.0 cm³/mol. The van der Waals surface area contributed by atoms with Crippen LogP contribution in [0.4, 0.5) is 0 Å². The summed E-state index contributed by atoms with van der Waals surface area (Å²) in [5.41, 5.74) is 3.05. The summed E-state index contributed by atoms with van der Waals surface area (Å²) in [6, 6.07) is 15.9. The molecule has 3 rings (SSSR count). The van der Waals surface area contributed by atoms with E-state index in [1.165, 1.54) is 5.56 Å². The van der Waals surface area contributed by atoms with Gasteiger partial charge < -0.3 is 19.9 Å². The molecule has 0 amide bonds. The number of hydrogen-bond acceptors (Lipinski definition) is 4. The van der Waals surface area contributed by atoms with E-state index >= 15 is 0 Å². The van der Waals surface area contributed by atoms with Gasteiger partial charge in [0.2, 0.25) is 5.79 Å². The van der Waals surface area contributed by atoms with Gasteiger partial charge in [-0.1, -0.05) is 36.4 Å². The normalized spacial score (nSPS) is 17.2. The fraction of sp³-hybridized carbons (Fsp3) is 0.368. The van der Waals surface area contributed by atoms with Gasteiger partial charge in [-0.05, 0) is 23.3 Å². The Morgan fingerprint density at radius 3 is 2.74 bits per heavy atom. The Morgan fingerprint density at radius 2 is 1.96 bits per heavy atom. The van der Waals surface area contributed by atoms with Crippen molar-refractivity contribution in [3.8, 4) is 5.75 Å². The second kappa shape index (κ2) is 6.71. The Hall–Kier alpha value is -1.88. The molecule has 0 radical (unpaired) electrons. The van der Waals surface area contributed by atoms with Crippen LogP contribution in [0.5, 0.6) is 5.75 Å². The maximum Gasteiger partial charge on any atom is 0.205 e. The smallest absolute Gasteiger partial charge is 0.205 e. The van der Waals surface area contributed by atoms with Gasteiger partial charge in [-0.3, -0.25) is 0 Å². The standard InChI is InChI=1S/C19H23NO3/c1-19(2)22-13-16-10-15(8-9-18(16)23-19)17(21)12-20-11-14-6-4-3-5-7-14/h3-10,17,20-21H,11-13H2,1-2H3/t17-/m0/s1. The molecular weight excluding hydrogens is 290 g/mol. The highest BCUT2D eigenvalue weighted by molar-refractivity contribution is 5.39. The van der Waals surface area contributed by atoms with E-state index in [0.29, 0.717) is 13.2 Å². The van der Waals surface area contributed by atoms with Gasteiger partial charge in [-0.2, -0.15) is 0 Å². The van der Waals surface area contributed by atoms with Crippen molar-refractivity contribution in [1.29, 1.82) is 0 Å².